The molecule has 0 radical (unpaired) electrons. The van der Waals surface area contributed by atoms with Crippen molar-refractivity contribution >= 4 is 11.9 Å². The molecule has 2 aromatic rings. The Labute approximate surface area is 158 Å². The van der Waals surface area contributed by atoms with Crippen LogP contribution in [0.1, 0.15) is 35.6 Å². The van der Waals surface area contributed by atoms with Crippen molar-refractivity contribution in [1.82, 2.24) is 20.1 Å². The highest BCUT2D eigenvalue weighted by molar-refractivity contribution is 5.85. The van der Waals surface area contributed by atoms with Crippen LogP contribution in [-0.2, 0) is 18.3 Å². The topological polar surface area (TPSA) is 101 Å². The molecule has 146 valence electrons. The van der Waals surface area contributed by atoms with Crippen LogP contribution in [-0.4, -0.2) is 44.5 Å². The van der Waals surface area contributed by atoms with E-state index in [9.17, 15) is 9.90 Å². The predicted molar refractivity (Wildman–Crippen MR) is 102 cm³/mol. The Morgan fingerprint density at radius 2 is 2.04 bits per heavy atom. The first-order valence-electron chi connectivity index (χ1n) is 9.11. The number of rotatable bonds is 5. The molecule has 2 heterocycles. The van der Waals surface area contributed by atoms with Crippen LogP contribution in [0.3, 0.4) is 0 Å². The number of phenols is 1. The van der Waals surface area contributed by atoms with Crippen LogP contribution >= 0.6 is 0 Å². The van der Waals surface area contributed by atoms with Gasteiger partial charge in [-0.05, 0) is 50.8 Å². The summed E-state index contributed by atoms with van der Waals surface area (Å²) in [6.45, 7) is 8.48. The van der Waals surface area contributed by atoms with Gasteiger partial charge in [-0.3, -0.25) is 4.79 Å². The number of hydrogen-bond acceptors (Lipinski definition) is 6. The quantitative estimate of drug-likeness (QED) is 0.691. The fourth-order valence-corrected chi connectivity index (χ4v) is 3.40. The minimum absolute atomic E-state index is 0.143. The summed E-state index contributed by atoms with van der Waals surface area (Å²) < 4.78 is 7.81. The van der Waals surface area contributed by atoms with Gasteiger partial charge in [0, 0.05) is 32.1 Å². The molecule has 1 amide bonds. The summed E-state index contributed by atoms with van der Waals surface area (Å²) in [5.74, 6) is 1.55. The molecule has 1 aromatic heterocycles. The van der Waals surface area contributed by atoms with E-state index >= 15 is 0 Å². The summed E-state index contributed by atoms with van der Waals surface area (Å²) in [4.78, 5) is 16.8. The van der Waals surface area contributed by atoms with E-state index in [-0.39, 0.29) is 5.91 Å². The maximum absolute atomic E-state index is 12.8. The summed E-state index contributed by atoms with van der Waals surface area (Å²) in [7, 11) is 1.80. The maximum Gasteiger partial charge on any atom is 0.263 e. The van der Waals surface area contributed by atoms with E-state index < -0.39 is 5.60 Å². The lowest BCUT2D eigenvalue weighted by atomic mass is 9.86. The first kappa shape index (κ1) is 19.0. The molecule has 3 N–H and O–H groups in total. The lowest BCUT2D eigenvalue weighted by Gasteiger charge is -2.36. The van der Waals surface area contributed by atoms with Crippen LogP contribution in [0.15, 0.2) is 6.33 Å². The molecule has 0 bridgehead atoms. The zero-order valence-corrected chi connectivity index (χ0v) is 16.5. The Kier molecular flexibility index (Phi) is 4.99. The number of nitrogens with zero attached hydrogens (tertiary/aromatic N) is 3. The number of carbonyl (C=O) groups excluding carboxylic acids is 1. The number of phenolic OH excluding ortho intramolecular Hbond substituents is 1. The molecule has 3 rings (SSSR count). The standard InChI is InChI=1S/C19H27N5O3/c1-11-12(2)16-14(13(3)15(11)25)6-7-19(4,27-16)17(26)20-8-9-21-18-22-10-23-24(18)5/h10,25H,6-9H2,1-5H3,(H,20,26)(H,21,22,23). The molecule has 8 nitrogen and oxygen atoms in total. The zero-order valence-electron chi connectivity index (χ0n) is 16.5. The Bertz CT molecular complexity index is 877. The molecular weight excluding hydrogens is 346 g/mol. The van der Waals surface area contributed by atoms with Gasteiger partial charge in [0.1, 0.15) is 17.8 Å². The normalized spacial score (nSPS) is 18.6. The minimum atomic E-state index is -0.932. The molecule has 0 fully saturated rings. The Balaban J connectivity index is 1.65. The van der Waals surface area contributed by atoms with Crippen molar-refractivity contribution in [2.75, 3.05) is 18.4 Å². The van der Waals surface area contributed by atoms with E-state index in [0.717, 1.165) is 28.0 Å². The number of ether oxygens (including phenoxy) is 1. The fourth-order valence-electron chi connectivity index (χ4n) is 3.40. The van der Waals surface area contributed by atoms with Gasteiger partial charge in [0.2, 0.25) is 5.95 Å². The van der Waals surface area contributed by atoms with E-state index in [1.165, 1.54) is 6.33 Å². The molecular formula is C19H27N5O3. The molecule has 0 spiro atoms. The second-order valence-corrected chi connectivity index (χ2v) is 7.25. The highest BCUT2D eigenvalue weighted by atomic mass is 16.5. The van der Waals surface area contributed by atoms with Crippen molar-refractivity contribution in [2.45, 2.75) is 46.1 Å². The number of nitrogens with one attached hydrogen (secondary N) is 2. The van der Waals surface area contributed by atoms with Crippen molar-refractivity contribution in [3.05, 3.63) is 28.6 Å². The number of benzene rings is 1. The average molecular weight is 373 g/mol. The number of aryl methyl sites for hydroxylation is 1. The van der Waals surface area contributed by atoms with Gasteiger partial charge in [-0.2, -0.15) is 10.1 Å². The molecule has 1 aliphatic heterocycles. The number of amides is 1. The van der Waals surface area contributed by atoms with Crippen LogP contribution in [0.4, 0.5) is 5.95 Å². The van der Waals surface area contributed by atoms with Crippen LogP contribution in [0.25, 0.3) is 0 Å². The Hall–Kier alpha value is -2.77. The SMILES string of the molecule is Cc1c(C)c2c(c(C)c1O)CCC(C)(C(=O)NCCNc1ncnn1C)O2. The first-order valence-corrected chi connectivity index (χ1v) is 9.11. The highest BCUT2D eigenvalue weighted by Crippen LogP contribution is 2.43. The lowest BCUT2D eigenvalue weighted by Crippen LogP contribution is -2.51. The van der Waals surface area contributed by atoms with Gasteiger partial charge in [-0.15, -0.1) is 0 Å². The maximum atomic E-state index is 12.8. The Morgan fingerprint density at radius 1 is 1.30 bits per heavy atom. The molecule has 1 aliphatic rings. The monoisotopic (exact) mass is 373 g/mol. The third-order valence-corrected chi connectivity index (χ3v) is 5.41. The molecule has 27 heavy (non-hydrogen) atoms. The van der Waals surface area contributed by atoms with Gasteiger partial charge in [0.05, 0.1) is 0 Å². The van der Waals surface area contributed by atoms with Gasteiger partial charge in [-0.1, -0.05) is 0 Å². The second-order valence-electron chi connectivity index (χ2n) is 7.25. The molecule has 0 aliphatic carbocycles. The summed E-state index contributed by atoms with van der Waals surface area (Å²) in [5, 5.41) is 20.3. The summed E-state index contributed by atoms with van der Waals surface area (Å²) in [5.41, 5.74) is 2.58. The number of carbonyl (C=O) groups is 1. The Morgan fingerprint density at radius 3 is 2.70 bits per heavy atom. The smallest absolute Gasteiger partial charge is 0.263 e. The zero-order chi connectivity index (χ0) is 19.8. The van der Waals surface area contributed by atoms with Crippen molar-refractivity contribution in [1.29, 1.82) is 0 Å². The van der Waals surface area contributed by atoms with Crippen LogP contribution in [0.5, 0.6) is 11.5 Å². The summed E-state index contributed by atoms with van der Waals surface area (Å²) in [6.07, 6.45) is 2.72. The van der Waals surface area contributed by atoms with E-state index in [0.29, 0.717) is 37.6 Å². The highest BCUT2D eigenvalue weighted by Gasteiger charge is 2.40. The second kappa shape index (κ2) is 7.09. The molecule has 1 atom stereocenters. The number of aromatic hydroxyl groups is 1. The van der Waals surface area contributed by atoms with Crippen LogP contribution in [0.2, 0.25) is 0 Å². The fraction of sp³-hybridized carbons (Fsp3) is 0.526. The average Bonchev–Trinajstić information content (AvgIpc) is 3.06. The first-order chi connectivity index (χ1) is 12.7. The molecule has 1 unspecified atom stereocenters. The van der Waals surface area contributed by atoms with E-state index in [2.05, 4.69) is 20.7 Å². The number of fused-ring (bicyclic) bond motifs is 1. The number of anilines is 1. The van der Waals surface area contributed by atoms with Gasteiger partial charge in [-0.25, -0.2) is 4.68 Å². The van der Waals surface area contributed by atoms with Gasteiger partial charge >= 0.3 is 0 Å². The molecule has 0 saturated heterocycles. The number of hydrogen-bond donors (Lipinski definition) is 3. The van der Waals surface area contributed by atoms with Crippen molar-refractivity contribution in [3.8, 4) is 11.5 Å². The van der Waals surface area contributed by atoms with Gasteiger partial charge in [0.15, 0.2) is 5.60 Å². The molecule has 8 heteroatoms. The van der Waals surface area contributed by atoms with Crippen molar-refractivity contribution in [3.63, 3.8) is 0 Å². The minimum Gasteiger partial charge on any atom is -0.507 e. The van der Waals surface area contributed by atoms with Gasteiger partial charge in [0.25, 0.3) is 5.91 Å². The lowest BCUT2D eigenvalue weighted by molar-refractivity contribution is -0.136. The van der Waals surface area contributed by atoms with Crippen LogP contribution < -0.4 is 15.4 Å². The van der Waals surface area contributed by atoms with Crippen molar-refractivity contribution in [2.24, 2.45) is 7.05 Å². The van der Waals surface area contributed by atoms with Crippen LogP contribution in [0, 0.1) is 20.8 Å². The number of aromatic nitrogens is 3. The third-order valence-electron chi connectivity index (χ3n) is 5.41. The summed E-state index contributed by atoms with van der Waals surface area (Å²) >= 11 is 0. The molecule has 0 saturated carbocycles. The third kappa shape index (κ3) is 3.43. The largest absolute Gasteiger partial charge is 0.507 e. The van der Waals surface area contributed by atoms with E-state index in [1.807, 2.05) is 27.7 Å². The molecule has 1 aromatic carbocycles. The van der Waals surface area contributed by atoms with E-state index in [1.54, 1.807) is 11.7 Å². The summed E-state index contributed by atoms with van der Waals surface area (Å²) in [6, 6.07) is 0. The van der Waals surface area contributed by atoms with Gasteiger partial charge < -0.3 is 20.5 Å². The van der Waals surface area contributed by atoms with Crippen molar-refractivity contribution < 1.29 is 14.6 Å². The van der Waals surface area contributed by atoms with E-state index in [4.69, 9.17) is 4.74 Å². The predicted octanol–water partition coefficient (Wildman–Crippen LogP) is 1.76.